The highest BCUT2D eigenvalue weighted by molar-refractivity contribution is 7.56. The Morgan fingerprint density at radius 2 is 1.79 bits per heavy atom. The Morgan fingerprint density at radius 1 is 1.21 bits per heavy atom. The summed E-state index contributed by atoms with van der Waals surface area (Å²) in [5.41, 5.74) is 0. The molecular weight excluding hydrogens is 199 g/mol. The summed E-state index contributed by atoms with van der Waals surface area (Å²) in [5.74, 6) is 0. The molecule has 14 heavy (non-hydrogen) atoms. The van der Waals surface area contributed by atoms with Gasteiger partial charge in [0, 0.05) is 0 Å². The minimum atomic E-state index is -2.92. The predicted octanol–water partition coefficient (Wildman–Crippen LogP) is 3.77. The minimum absolute atomic E-state index is 0.412. The van der Waals surface area contributed by atoms with E-state index in [0.717, 1.165) is 19.3 Å². The quantitative estimate of drug-likeness (QED) is 0.336. The van der Waals surface area contributed by atoms with Crippen LogP contribution in [-0.4, -0.2) is 13.2 Å². The zero-order valence-electron chi connectivity index (χ0n) is 9.07. The van der Waals surface area contributed by atoms with E-state index in [2.05, 4.69) is 6.58 Å². The highest BCUT2D eigenvalue weighted by Crippen LogP contribution is 2.52. The fraction of sp³-hybridized carbons (Fsp3) is 0.700. The number of allylic oxidation sites excluding steroid dienone is 1. The normalized spacial score (nSPS) is 11.6. The molecule has 0 heterocycles. The molecule has 0 atom stereocenters. The number of hydrogen-bond donors (Lipinski definition) is 0. The van der Waals surface area contributed by atoms with Crippen molar-refractivity contribution in [3.63, 3.8) is 0 Å². The molecule has 0 bridgehead atoms. The third-order valence-corrected chi connectivity index (χ3v) is 3.52. The highest BCUT2D eigenvalue weighted by atomic mass is 31.2. The Kier molecular flexibility index (Phi) is 8.15. The third kappa shape index (κ3) is 6.36. The van der Waals surface area contributed by atoms with Crippen LogP contribution in [-0.2, 0) is 13.6 Å². The predicted molar refractivity (Wildman–Crippen MR) is 59.2 cm³/mol. The monoisotopic (exact) mass is 219 g/mol. The molecule has 4 heteroatoms. The molecule has 0 aromatic carbocycles. The summed E-state index contributed by atoms with van der Waals surface area (Å²) in [4.78, 5) is 0. The van der Waals surface area contributed by atoms with Gasteiger partial charge in [0.25, 0.3) is 0 Å². The van der Waals surface area contributed by atoms with Crippen molar-refractivity contribution in [3.8, 4) is 0 Å². The van der Waals surface area contributed by atoms with Crippen molar-refractivity contribution in [2.75, 3.05) is 13.2 Å². The first-order valence-electron chi connectivity index (χ1n) is 5.02. The van der Waals surface area contributed by atoms with Crippen LogP contribution >= 0.6 is 7.60 Å². The van der Waals surface area contributed by atoms with Crippen molar-refractivity contribution in [2.24, 2.45) is 0 Å². The Labute approximate surface area is 87.0 Å². The summed E-state index contributed by atoms with van der Waals surface area (Å²) in [6.45, 7) is 8.06. The van der Waals surface area contributed by atoms with E-state index in [-0.39, 0.29) is 0 Å². The second-order valence-electron chi connectivity index (χ2n) is 2.78. The molecule has 3 nitrogen and oxygen atoms in total. The number of unbranched alkanes of at least 4 members (excludes halogenated alkanes) is 2. The topological polar surface area (TPSA) is 35.5 Å². The van der Waals surface area contributed by atoms with Crippen LogP contribution in [0, 0.1) is 6.16 Å². The largest absolute Gasteiger partial charge is 0.334 e. The van der Waals surface area contributed by atoms with Crippen molar-refractivity contribution < 1.29 is 13.6 Å². The maximum absolute atomic E-state index is 11.9. The average Bonchev–Trinajstić information content (AvgIpc) is 2.13. The van der Waals surface area contributed by atoms with Crippen LogP contribution in [0.4, 0.5) is 0 Å². The van der Waals surface area contributed by atoms with Crippen LogP contribution in [0.25, 0.3) is 0 Å². The molecule has 0 aromatic rings. The van der Waals surface area contributed by atoms with E-state index in [0.29, 0.717) is 13.2 Å². The standard InChI is InChI=1S/C10H20O3P/c1-4-7-8-9-10-14(11,12-5-2)13-6-3/h4,10H,1,5-9H2,2-3H3. The van der Waals surface area contributed by atoms with E-state index in [1.165, 1.54) is 0 Å². The van der Waals surface area contributed by atoms with Crippen molar-refractivity contribution in [2.45, 2.75) is 33.1 Å². The first-order chi connectivity index (χ1) is 6.68. The Bertz CT molecular complexity index is 182. The first kappa shape index (κ1) is 13.9. The van der Waals surface area contributed by atoms with Gasteiger partial charge in [0.15, 0.2) is 0 Å². The van der Waals surface area contributed by atoms with Gasteiger partial charge < -0.3 is 9.05 Å². The molecule has 1 radical (unpaired) electrons. The second-order valence-corrected chi connectivity index (χ2v) is 4.74. The zero-order chi connectivity index (χ0) is 10.9. The van der Waals surface area contributed by atoms with Crippen LogP contribution < -0.4 is 0 Å². The number of hydrogen-bond acceptors (Lipinski definition) is 3. The summed E-state index contributed by atoms with van der Waals surface area (Å²) in [6, 6.07) is 0. The Morgan fingerprint density at radius 3 is 2.21 bits per heavy atom. The molecule has 0 saturated heterocycles. The van der Waals surface area contributed by atoms with Crippen LogP contribution in [0.5, 0.6) is 0 Å². The van der Waals surface area contributed by atoms with Gasteiger partial charge in [-0.2, -0.15) is 0 Å². The number of rotatable bonds is 9. The van der Waals surface area contributed by atoms with E-state index in [1.807, 2.05) is 19.9 Å². The van der Waals surface area contributed by atoms with Crippen molar-refractivity contribution >= 4 is 7.60 Å². The third-order valence-electron chi connectivity index (χ3n) is 1.58. The molecule has 0 saturated carbocycles. The molecule has 0 spiro atoms. The first-order valence-corrected chi connectivity index (χ1v) is 6.63. The van der Waals surface area contributed by atoms with Crippen LogP contribution in [0.3, 0.4) is 0 Å². The molecule has 0 rings (SSSR count). The van der Waals surface area contributed by atoms with E-state index < -0.39 is 7.60 Å². The lowest BCUT2D eigenvalue weighted by Gasteiger charge is -2.15. The van der Waals surface area contributed by atoms with Gasteiger partial charge in [-0.1, -0.05) is 6.08 Å². The molecule has 0 amide bonds. The maximum atomic E-state index is 11.9. The molecule has 83 valence electrons. The second kappa shape index (κ2) is 8.22. The van der Waals surface area contributed by atoms with E-state index in [4.69, 9.17) is 9.05 Å². The van der Waals surface area contributed by atoms with Gasteiger partial charge in [0.05, 0.1) is 19.4 Å². The SMILES string of the molecule is C=CCCC[CH]P(=O)(OCC)OCC. The Balaban J connectivity index is 3.83. The fourth-order valence-electron chi connectivity index (χ4n) is 1.01. The van der Waals surface area contributed by atoms with Gasteiger partial charge >= 0.3 is 7.60 Å². The summed E-state index contributed by atoms with van der Waals surface area (Å²) in [7, 11) is -2.92. The summed E-state index contributed by atoms with van der Waals surface area (Å²) < 4.78 is 22.1. The fourth-order valence-corrected chi connectivity index (χ4v) is 2.52. The van der Waals surface area contributed by atoms with Gasteiger partial charge in [-0.25, -0.2) is 0 Å². The minimum Gasteiger partial charge on any atom is -0.309 e. The summed E-state index contributed by atoms with van der Waals surface area (Å²) in [6.07, 6.45) is 6.11. The summed E-state index contributed by atoms with van der Waals surface area (Å²) in [5, 5.41) is 0. The van der Waals surface area contributed by atoms with Gasteiger partial charge in [0.1, 0.15) is 0 Å². The average molecular weight is 219 g/mol. The van der Waals surface area contributed by atoms with Gasteiger partial charge in [0.2, 0.25) is 0 Å². The Hall–Kier alpha value is -0.110. The molecule has 0 aliphatic carbocycles. The van der Waals surface area contributed by atoms with Gasteiger partial charge in [-0.3, -0.25) is 4.57 Å². The lowest BCUT2D eigenvalue weighted by Crippen LogP contribution is -1.96. The van der Waals surface area contributed by atoms with Crippen LogP contribution in [0.2, 0.25) is 0 Å². The smallest absolute Gasteiger partial charge is 0.309 e. The molecule has 0 N–H and O–H groups in total. The van der Waals surface area contributed by atoms with E-state index in [9.17, 15) is 4.57 Å². The van der Waals surface area contributed by atoms with Crippen molar-refractivity contribution in [1.29, 1.82) is 0 Å². The highest BCUT2D eigenvalue weighted by Gasteiger charge is 2.22. The van der Waals surface area contributed by atoms with E-state index in [1.54, 1.807) is 6.16 Å². The lowest BCUT2D eigenvalue weighted by atomic mass is 10.2. The van der Waals surface area contributed by atoms with Gasteiger partial charge in [-0.05, 0) is 33.1 Å². The zero-order valence-corrected chi connectivity index (χ0v) is 9.96. The maximum Gasteiger partial charge on any atom is 0.334 e. The lowest BCUT2D eigenvalue weighted by molar-refractivity contribution is 0.224. The molecule has 0 aromatic heterocycles. The van der Waals surface area contributed by atoms with Crippen molar-refractivity contribution in [1.82, 2.24) is 0 Å². The van der Waals surface area contributed by atoms with Gasteiger partial charge in [-0.15, -0.1) is 6.58 Å². The van der Waals surface area contributed by atoms with Crippen LogP contribution in [0.15, 0.2) is 12.7 Å². The van der Waals surface area contributed by atoms with E-state index >= 15 is 0 Å². The van der Waals surface area contributed by atoms with Crippen molar-refractivity contribution in [3.05, 3.63) is 18.8 Å². The molecule has 0 fully saturated rings. The molecule has 0 unspecified atom stereocenters. The van der Waals surface area contributed by atoms with Crippen LogP contribution in [0.1, 0.15) is 33.1 Å². The molecule has 0 aliphatic heterocycles. The molecule has 0 aliphatic rings. The summed E-state index contributed by atoms with van der Waals surface area (Å²) >= 11 is 0. The molecular formula is C10H20O3P.